The minimum atomic E-state index is -0.419. The number of nitro benzene ring substituents is 1. The molecule has 0 aromatic heterocycles. The Balaban J connectivity index is 1.96. The SMILES string of the molecule is CN(C)c1ccc(NNc2ccc([N+](=O)[O-])cc2)cc1. The van der Waals surface area contributed by atoms with E-state index in [0.717, 1.165) is 17.1 Å². The standard InChI is InChI=1S/C14H16N4O2/c1-17(2)13-7-3-11(4-8-13)15-16-12-5-9-14(10-6-12)18(19)20/h3-10,15-16H,1-2H3. The molecule has 0 saturated carbocycles. The zero-order valence-electron chi connectivity index (χ0n) is 11.3. The van der Waals surface area contributed by atoms with Gasteiger partial charge in [-0.1, -0.05) is 0 Å². The first-order valence-electron chi connectivity index (χ1n) is 6.10. The number of benzene rings is 2. The van der Waals surface area contributed by atoms with E-state index in [1.165, 1.54) is 12.1 Å². The van der Waals surface area contributed by atoms with Crippen LogP contribution in [-0.4, -0.2) is 19.0 Å². The molecule has 20 heavy (non-hydrogen) atoms. The third-order valence-electron chi connectivity index (χ3n) is 2.81. The van der Waals surface area contributed by atoms with Crippen LogP contribution in [0.4, 0.5) is 22.7 Å². The minimum Gasteiger partial charge on any atom is -0.378 e. The molecule has 0 unspecified atom stereocenters. The van der Waals surface area contributed by atoms with E-state index in [9.17, 15) is 10.1 Å². The summed E-state index contributed by atoms with van der Waals surface area (Å²) in [5, 5.41) is 10.5. The molecule has 0 aliphatic heterocycles. The van der Waals surface area contributed by atoms with Crippen molar-refractivity contribution >= 4 is 22.7 Å². The summed E-state index contributed by atoms with van der Waals surface area (Å²) in [6, 6.07) is 14.1. The zero-order valence-corrected chi connectivity index (χ0v) is 11.3. The molecule has 0 bridgehead atoms. The van der Waals surface area contributed by atoms with Crippen molar-refractivity contribution in [3.63, 3.8) is 0 Å². The maximum absolute atomic E-state index is 10.5. The number of anilines is 3. The second-order valence-electron chi connectivity index (χ2n) is 4.50. The van der Waals surface area contributed by atoms with E-state index in [4.69, 9.17) is 0 Å². The maximum atomic E-state index is 10.5. The topological polar surface area (TPSA) is 70.4 Å². The summed E-state index contributed by atoms with van der Waals surface area (Å²) in [6.45, 7) is 0. The van der Waals surface area contributed by atoms with Crippen LogP contribution < -0.4 is 15.8 Å². The number of hydrazine groups is 1. The Morgan fingerprint density at radius 2 is 1.35 bits per heavy atom. The van der Waals surface area contributed by atoms with Gasteiger partial charge in [0, 0.05) is 31.9 Å². The van der Waals surface area contributed by atoms with Gasteiger partial charge >= 0.3 is 0 Å². The van der Waals surface area contributed by atoms with Gasteiger partial charge < -0.3 is 15.8 Å². The van der Waals surface area contributed by atoms with Gasteiger partial charge in [0.05, 0.1) is 16.3 Å². The van der Waals surface area contributed by atoms with E-state index in [1.807, 2.05) is 43.3 Å². The average Bonchev–Trinajstić information content (AvgIpc) is 2.46. The predicted octanol–water partition coefficient (Wildman–Crippen LogP) is 3.10. The van der Waals surface area contributed by atoms with Crippen LogP contribution >= 0.6 is 0 Å². The molecule has 2 aromatic carbocycles. The molecule has 0 amide bonds. The second kappa shape index (κ2) is 5.92. The normalized spacial score (nSPS) is 9.90. The van der Waals surface area contributed by atoms with Crippen molar-refractivity contribution in [1.29, 1.82) is 0 Å². The monoisotopic (exact) mass is 272 g/mol. The highest BCUT2D eigenvalue weighted by molar-refractivity contribution is 5.58. The molecule has 0 saturated heterocycles. The fourth-order valence-electron chi connectivity index (χ4n) is 1.65. The van der Waals surface area contributed by atoms with E-state index >= 15 is 0 Å². The fourth-order valence-corrected chi connectivity index (χ4v) is 1.65. The zero-order chi connectivity index (χ0) is 14.5. The minimum absolute atomic E-state index is 0.0749. The van der Waals surface area contributed by atoms with Crippen LogP contribution in [0.5, 0.6) is 0 Å². The van der Waals surface area contributed by atoms with Crippen molar-refractivity contribution in [3.8, 4) is 0 Å². The molecule has 2 N–H and O–H groups in total. The first-order valence-corrected chi connectivity index (χ1v) is 6.10. The Morgan fingerprint density at radius 1 is 0.900 bits per heavy atom. The molecule has 0 aliphatic carbocycles. The van der Waals surface area contributed by atoms with Crippen molar-refractivity contribution < 1.29 is 4.92 Å². The van der Waals surface area contributed by atoms with Gasteiger partial charge in [-0.3, -0.25) is 10.1 Å². The molecule has 2 aromatic rings. The lowest BCUT2D eigenvalue weighted by atomic mass is 10.2. The van der Waals surface area contributed by atoms with Crippen LogP contribution in [0, 0.1) is 10.1 Å². The Morgan fingerprint density at radius 3 is 1.75 bits per heavy atom. The Hall–Kier alpha value is -2.76. The first-order chi connectivity index (χ1) is 9.56. The molecule has 6 nitrogen and oxygen atoms in total. The number of nitrogens with one attached hydrogen (secondary N) is 2. The van der Waals surface area contributed by atoms with Crippen LogP contribution in [0.15, 0.2) is 48.5 Å². The summed E-state index contributed by atoms with van der Waals surface area (Å²) < 4.78 is 0. The molecular weight excluding hydrogens is 256 g/mol. The third-order valence-corrected chi connectivity index (χ3v) is 2.81. The van der Waals surface area contributed by atoms with Crippen molar-refractivity contribution in [3.05, 3.63) is 58.6 Å². The lowest BCUT2D eigenvalue weighted by Crippen LogP contribution is -2.10. The summed E-state index contributed by atoms with van der Waals surface area (Å²) in [5.41, 5.74) is 8.89. The number of hydrogen-bond acceptors (Lipinski definition) is 5. The molecule has 0 fully saturated rings. The molecule has 0 aliphatic rings. The van der Waals surface area contributed by atoms with E-state index in [0.29, 0.717) is 0 Å². The summed E-state index contributed by atoms with van der Waals surface area (Å²) in [7, 11) is 3.97. The molecule has 6 heteroatoms. The van der Waals surface area contributed by atoms with Gasteiger partial charge in [0.15, 0.2) is 0 Å². The van der Waals surface area contributed by atoms with E-state index in [2.05, 4.69) is 10.9 Å². The van der Waals surface area contributed by atoms with Crippen LogP contribution in [0.25, 0.3) is 0 Å². The molecule has 0 atom stereocenters. The van der Waals surface area contributed by atoms with Crippen LogP contribution in [-0.2, 0) is 0 Å². The lowest BCUT2D eigenvalue weighted by molar-refractivity contribution is -0.384. The summed E-state index contributed by atoms with van der Waals surface area (Å²) in [5.74, 6) is 0. The number of rotatable bonds is 5. The molecule has 0 radical (unpaired) electrons. The van der Waals surface area contributed by atoms with Gasteiger partial charge in [-0.15, -0.1) is 0 Å². The van der Waals surface area contributed by atoms with E-state index in [1.54, 1.807) is 12.1 Å². The van der Waals surface area contributed by atoms with Crippen molar-refractivity contribution in [1.82, 2.24) is 0 Å². The molecule has 0 heterocycles. The molecule has 104 valence electrons. The first kappa shape index (κ1) is 13.7. The second-order valence-corrected chi connectivity index (χ2v) is 4.50. The maximum Gasteiger partial charge on any atom is 0.269 e. The van der Waals surface area contributed by atoms with Crippen molar-refractivity contribution in [2.45, 2.75) is 0 Å². The van der Waals surface area contributed by atoms with Gasteiger partial charge in [0.25, 0.3) is 5.69 Å². The van der Waals surface area contributed by atoms with Crippen LogP contribution in [0.2, 0.25) is 0 Å². The van der Waals surface area contributed by atoms with Crippen molar-refractivity contribution in [2.24, 2.45) is 0 Å². The summed E-state index contributed by atoms with van der Waals surface area (Å²) in [6.07, 6.45) is 0. The van der Waals surface area contributed by atoms with Gasteiger partial charge in [-0.05, 0) is 36.4 Å². The highest BCUT2D eigenvalue weighted by atomic mass is 16.6. The van der Waals surface area contributed by atoms with Crippen LogP contribution in [0.3, 0.4) is 0 Å². The van der Waals surface area contributed by atoms with Gasteiger partial charge in [0.1, 0.15) is 0 Å². The van der Waals surface area contributed by atoms with Crippen molar-refractivity contribution in [2.75, 3.05) is 29.8 Å². The Labute approximate surface area is 117 Å². The largest absolute Gasteiger partial charge is 0.378 e. The fraction of sp³-hybridized carbons (Fsp3) is 0.143. The Bertz CT molecular complexity index is 579. The summed E-state index contributed by atoms with van der Waals surface area (Å²) in [4.78, 5) is 12.1. The Kier molecular flexibility index (Phi) is 4.05. The number of non-ortho nitro benzene ring substituents is 1. The van der Waals surface area contributed by atoms with Crippen LogP contribution in [0.1, 0.15) is 0 Å². The van der Waals surface area contributed by atoms with E-state index in [-0.39, 0.29) is 5.69 Å². The van der Waals surface area contributed by atoms with Gasteiger partial charge in [-0.2, -0.15) is 0 Å². The number of nitrogens with zero attached hydrogens (tertiary/aromatic N) is 2. The van der Waals surface area contributed by atoms with Gasteiger partial charge in [0.2, 0.25) is 0 Å². The quantitative estimate of drug-likeness (QED) is 0.646. The highest BCUT2D eigenvalue weighted by Gasteiger charge is 2.03. The van der Waals surface area contributed by atoms with E-state index < -0.39 is 4.92 Å². The highest BCUT2D eigenvalue weighted by Crippen LogP contribution is 2.18. The molecular formula is C14H16N4O2. The number of nitro groups is 1. The third kappa shape index (κ3) is 3.38. The predicted molar refractivity (Wildman–Crippen MR) is 81.1 cm³/mol. The van der Waals surface area contributed by atoms with Gasteiger partial charge in [-0.25, -0.2) is 0 Å². The average molecular weight is 272 g/mol. The smallest absolute Gasteiger partial charge is 0.269 e. The molecule has 2 rings (SSSR count). The summed E-state index contributed by atoms with van der Waals surface area (Å²) >= 11 is 0. The number of hydrogen-bond donors (Lipinski definition) is 2. The lowest BCUT2D eigenvalue weighted by Gasteiger charge is -2.14. The molecule has 0 spiro atoms.